The van der Waals surface area contributed by atoms with Crippen molar-refractivity contribution in [2.75, 3.05) is 14.2 Å². The van der Waals surface area contributed by atoms with Crippen molar-refractivity contribution in [2.45, 2.75) is 20.8 Å². The normalized spacial score (nSPS) is 10.8. The molecule has 0 aliphatic carbocycles. The Morgan fingerprint density at radius 3 is 2.21 bits per heavy atom. The van der Waals surface area contributed by atoms with Crippen LogP contribution in [0.5, 0.6) is 11.5 Å². The summed E-state index contributed by atoms with van der Waals surface area (Å²) in [5, 5.41) is 11.7. The Hall–Kier alpha value is -3.21. The molecule has 0 saturated heterocycles. The fourth-order valence-corrected chi connectivity index (χ4v) is 3.52. The molecule has 1 radical (unpaired) electrons. The number of fused-ring (bicyclic) bond motifs is 2. The van der Waals surface area contributed by atoms with Crippen molar-refractivity contribution in [3.63, 3.8) is 0 Å². The van der Waals surface area contributed by atoms with E-state index in [4.69, 9.17) is 19.6 Å². The number of ether oxygens (including phenoxy) is 2. The number of aromatic nitrogens is 1. The van der Waals surface area contributed by atoms with E-state index in [1.807, 2.05) is 30.3 Å². The van der Waals surface area contributed by atoms with Gasteiger partial charge in [-0.25, -0.2) is 0 Å². The van der Waals surface area contributed by atoms with Gasteiger partial charge in [0.25, 0.3) is 0 Å². The molecule has 0 aliphatic heterocycles. The first-order valence-electron chi connectivity index (χ1n) is 10.1. The Kier molecular flexibility index (Phi) is 9.15. The molecule has 173 valence electrons. The van der Waals surface area contributed by atoms with Gasteiger partial charge in [0.1, 0.15) is 17.0 Å². The molecule has 1 N–H and O–H groups in total. The second-order valence-corrected chi connectivity index (χ2v) is 7.39. The minimum Gasteiger partial charge on any atom is -0.512 e. The maximum Gasteiger partial charge on any atom is 0.155 e. The number of aliphatic hydroxyl groups excluding tert-OH is 1. The van der Waals surface area contributed by atoms with Gasteiger partial charge < -0.3 is 14.6 Å². The molecule has 0 atom stereocenters. The van der Waals surface area contributed by atoms with Crippen molar-refractivity contribution in [1.82, 2.24) is 4.98 Å². The summed E-state index contributed by atoms with van der Waals surface area (Å²) in [5.41, 5.74) is 3.74. The molecule has 3 aromatic carbocycles. The molecule has 4 rings (SSSR count). The monoisotopic (exact) mass is 621 g/mol. The third-order valence-corrected chi connectivity index (χ3v) is 4.89. The maximum absolute atomic E-state index is 10.0. The van der Waals surface area contributed by atoms with Crippen molar-refractivity contribution in [3.05, 3.63) is 78.1 Å². The number of methoxy groups -OCH3 is 2. The Bertz CT molecular complexity index is 1310. The Morgan fingerprint density at radius 1 is 1.00 bits per heavy atom. The summed E-state index contributed by atoms with van der Waals surface area (Å²) in [4.78, 5) is 14.9. The zero-order valence-corrected chi connectivity index (χ0v) is 21.6. The van der Waals surface area contributed by atoms with Crippen molar-refractivity contribution in [3.8, 4) is 22.8 Å². The van der Waals surface area contributed by atoms with Gasteiger partial charge in [0.05, 0.1) is 20.0 Å². The molecule has 1 heterocycles. The largest absolute Gasteiger partial charge is 0.512 e. The molecular formula is C27H26IrNO4-. The van der Waals surface area contributed by atoms with E-state index in [1.165, 1.54) is 30.7 Å². The van der Waals surface area contributed by atoms with Crippen LogP contribution in [0.4, 0.5) is 0 Å². The van der Waals surface area contributed by atoms with Crippen LogP contribution in [0.15, 0.2) is 66.4 Å². The first-order valence-corrected chi connectivity index (χ1v) is 10.1. The fraction of sp³-hybridized carbons (Fsp3) is 0.185. The van der Waals surface area contributed by atoms with Crippen LogP contribution in [0.2, 0.25) is 0 Å². The summed E-state index contributed by atoms with van der Waals surface area (Å²) in [7, 11) is 3.33. The second kappa shape index (κ2) is 11.6. The van der Waals surface area contributed by atoms with E-state index < -0.39 is 0 Å². The van der Waals surface area contributed by atoms with Crippen LogP contribution in [0.3, 0.4) is 0 Å². The van der Waals surface area contributed by atoms with Gasteiger partial charge >= 0.3 is 0 Å². The molecule has 5 nitrogen and oxygen atoms in total. The number of nitrogens with zero attached hydrogens (tertiary/aromatic N) is 1. The van der Waals surface area contributed by atoms with E-state index >= 15 is 0 Å². The molecule has 0 unspecified atom stereocenters. The quantitative estimate of drug-likeness (QED) is 0.167. The van der Waals surface area contributed by atoms with Crippen LogP contribution < -0.4 is 9.47 Å². The zero-order valence-electron chi connectivity index (χ0n) is 19.2. The van der Waals surface area contributed by atoms with Crippen LogP contribution in [-0.4, -0.2) is 30.1 Å². The first-order chi connectivity index (χ1) is 15.3. The number of hydrogen-bond acceptors (Lipinski definition) is 5. The fourth-order valence-electron chi connectivity index (χ4n) is 3.52. The number of ketones is 1. The van der Waals surface area contributed by atoms with Crippen molar-refractivity contribution < 1.29 is 39.5 Å². The van der Waals surface area contributed by atoms with E-state index in [0.717, 1.165) is 39.2 Å². The topological polar surface area (TPSA) is 68.7 Å². The zero-order chi connectivity index (χ0) is 23.3. The van der Waals surface area contributed by atoms with Crippen LogP contribution in [0.1, 0.15) is 19.4 Å². The van der Waals surface area contributed by atoms with Gasteiger partial charge in [-0.15, -0.1) is 29.1 Å². The molecule has 4 aromatic rings. The number of aliphatic hydroxyl groups is 1. The van der Waals surface area contributed by atoms with Gasteiger partial charge in [0.15, 0.2) is 5.78 Å². The molecule has 0 fully saturated rings. The number of pyridine rings is 1. The van der Waals surface area contributed by atoms with Gasteiger partial charge in [-0.1, -0.05) is 35.7 Å². The van der Waals surface area contributed by atoms with Gasteiger partial charge in [0, 0.05) is 31.6 Å². The van der Waals surface area contributed by atoms with E-state index in [-0.39, 0.29) is 31.6 Å². The average Bonchev–Trinajstić information content (AvgIpc) is 2.77. The molecule has 6 heteroatoms. The van der Waals surface area contributed by atoms with Gasteiger partial charge in [-0.05, 0) is 44.2 Å². The smallest absolute Gasteiger partial charge is 0.155 e. The van der Waals surface area contributed by atoms with Gasteiger partial charge in [0.2, 0.25) is 0 Å². The van der Waals surface area contributed by atoms with E-state index in [9.17, 15) is 4.79 Å². The summed E-state index contributed by atoms with van der Waals surface area (Å²) < 4.78 is 11.0. The Morgan fingerprint density at radius 2 is 1.64 bits per heavy atom. The molecule has 0 amide bonds. The maximum atomic E-state index is 10.0. The number of benzene rings is 3. The van der Waals surface area contributed by atoms with Crippen LogP contribution in [-0.2, 0) is 24.9 Å². The summed E-state index contributed by atoms with van der Waals surface area (Å²) >= 11 is 0. The Labute approximate surface area is 207 Å². The first kappa shape index (κ1) is 26.0. The third-order valence-electron chi connectivity index (χ3n) is 4.89. The van der Waals surface area contributed by atoms with Gasteiger partial charge in [-0.3, -0.25) is 9.78 Å². The summed E-state index contributed by atoms with van der Waals surface area (Å²) in [6.45, 7) is 4.91. The average molecular weight is 621 g/mol. The molecule has 0 bridgehead atoms. The molecule has 0 aliphatic rings. The van der Waals surface area contributed by atoms with Gasteiger partial charge in [-0.2, -0.15) is 0 Å². The number of aryl methyl sites for hydroxylation is 1. The summed E-state index contributed by atoms with van der Waals surface area (Å²) in [6, 6.07) is 21.6. The second-order valence-electron chi connectivity index (χ2n) is 7.39. The number of rotatable bonds is 4. The van der Waals surface area contributed by atoms with E-state index in [2.05, 4.69) is 37.3 Å². The van der Waals surface area contributed by atoms with Crippen LogP contribution in [0, 0.1) is 13.0 Å². The molecule has 0 spiro atoms. The Balaban J connectivity index is 0.000000423. The summed E-state index contributed by atoms with van der Waals surface area (Å²) in [5.74, 6) is 1.48. The number of allylic oxidation sites excluding steroid dienone is 2. The predicted octanol–water partition coefficient (Wildman–Crippen LogP) is 6.22. The van der Waals surface area contributed by atoms with Crippen molar-refractivity contribution in [1.29, 1.82) is 0 Å². The molecule has 1 aromatic heterocycles. The number of carbonyl (C=O) groups is 1. The third kappa shape index (κ3) is 6.19. The van der Waals surface area contributed by atoms with E-state index in [0.29, 0.717) is 0 Å². The van der Waals surface area contributed by atoms with Crippen molar-refractivity contribution in [2.24, 2.45) is 0 Å². The molecule has 0 saturated carbocycles. The standard InChI is InChI=1S/C22H18NO2.C5H8O2.Ir/c1-14-12-18(17-9-8-15-6-4-5-7-16(15)13-17)23-22-20(25-3)11-10-19(24-2)21(14)22;1-4(6)3-5(2)7;/h4-8,10-13H,1-3H3;3,6H,1-2H3;/q-1;;/b;4-3-;. The predicted molar refractivity (Wildman–Crippen MR) is 128 cm³/mol. The number of hydrogen-bond donors (Lipinski definition) is 1. The minimum absolute atomic E-state index is 0. The van der Waals surface area contributed by atoms with Crippen molar-refractivity contribution >= 4 is 27.5 Å². The summed E-state index contributed by atoms with van der Waals surface area (Å²) in [6.07, 6.45) is 1.17. The molecular weight excluding hydrogens is 595 g/mol. The molecule has 33 heavy (non-hydrogen) atoms. The van der Waals surface area contributed by atoms with E-state index in [1.54, 1.807) is 14.2 Å². The SMILES string of the molecule is CC(=O)/C=C(/C)O.COc1ccc(OC)c2c(C)cc(-c3[c-]cc4ccccc4c3)nc12.[Ir]. The number of carbonyl (C=O) groups excluding carboxylic acids is 1. The minimum atomic E-state index is -0.125. The van der Waals surface area contributed by atoms with Crippen LogP contribution >= 0.6 is 0 Å². The van der Waals surface area contributed by atoms with Crippen LogP contribution in [0.25, 0.3) is 32.9 Å².